The second-order valence-corrected chi connectivity index (χ2v) is 2.86. The summed E-state index contributed by atoms with van der Waals surface area (Å²) in [5, 5.41) is 2.01. The van der Waals surface area contributed by atoms with Crippen LogP contribution in [0.4, 0.5) is 0 Å². The van der Waals surface area contributed by atoms with Crippen LogP contribution in [-0.2, 0) is 11.3 Å². The van der Waals surface area contributed by atoms with E-state index in [2.05, 4.69) is 0 Å². The van der Waals surface area contributed by atoms with Gasteiger partial charge < -0.3 is 4.89 Å². The highest BCUT2D eigenvalue weighted by atomic mass is 32.1. The van der Waals surface area contributed by atoms with Crippen LogP contribution >= 0.6 is 11.3 Å². The first-order valence-electron chi connectivity index (χ1n) is 2.82. The molecule has 1 aromatic rings. The molecule has 0 fully saturated rings. The van der Waals surface area contributed by atoms with Gasteiger partial charge in [-0.1, -0.05) is 0 Å². The third kappa shape index (κ3) is 0.821. The molecule has 0 amide bonds. The highest BCUT2D eigenvalue weighted by molar-refractivity contribution is 7.10. The van der Waals surface area contributed by atoms with Crippen LogP contribution in [0.3, 0.4) is 0 Å². The summed E-state index contributed by atoms with van der Waals surface area (Å²) in [7, 11) is 0. The number of rotatable bonds is 0. The normalized spacial score (nSPS) is 16.4. The molecule has 9 heavy (non-hydrogen) atoms. The number of hydrogen-bond acceptors (Lipinski definition) is 3. The van der Waals surface area contributed by atoms with Gasteiger partial charge in [0.15, 0.2) is 5.75 Å². The summed E-state index contributed by atoms with van der Waals surface area (Å²) < 4.78 is 0. The Hall–Kier alpha value is -0.540. The van der Waals surface area contributed by atoms with Gasteiger partial charge in [-0.05, 0) is 11.4 Å². The molecule has 2 rings (SSSR count). The molecular weight excluding hydrogens is 136 g/mol. The predicted octanol–water partition coefficient (Wildman–Crippen LogP) is 1.61. The topological polar surface area (TPSA) is 18.5 Å². The summed E-state index contributed by atoms with van der Waals surface area (Å²) in [6.07, 6.45) is 0.993. The Bertz CT molecular complexity index is 186. The van der Waals surface area contributed by atoms with Crippen LogP contribution in [0.2, 0.25) is 0 Å². The van der Waals surface area contributed by atoms with E-state index in [1.807, 2.05) is 11.4 Å². The van der Waals surface area contributed by atoms with Gasteiger partial charge in [0.25, 0.3) is 0 Å². The lowest BCUT2D eigenvalue weighted by molar-refractivity contribution is -0.214. The minimum atomic E-state index is 0.688. The second kappa shape index (κ2) is 2.01. The van der Waals surface area contributed by atoms with Gasteiger partial charge in [-0.25, -0.2) is 0 Å². The van der Waals surface area contributed by atoms with E-state index in [0.717, 1.165) is 12.2 Å². The molecule has 1 aliphatic heterocycles. The Kier molecular flexibility index (Phi) is 1.17. The highest BCUT2D eigenvalue weighted by Gasteiger charge is 2.11. The standard InChI is InChI=1S/C6H6O2S/c1-3-7-8-5-2-4-9-6(1)5/h2,4H,1,3H2. The first-order valence-corrected chi connectivity index (χ1v) is 3.70. The summed E-state index contributed by atoms with van der Waals surface area (Å²) in [5.41, 5.74) is 0. The summed E-state index contributed by atoms with van der Waals surface area (Å²) in [4.78, 5) is 10.9. The van der Waals surface area contributed by atoms with E-state index in [0.29, 0.717) is 6.61 Å². The van der Waals surface area contributed by atoms with Crippen LogP contribution in [0.5, 0.6) is 5.75 Å². The molecule has 1 aliphatic rings. The van der Waals surface area contributed by atoms with E-state index in [4.69, 9.17) is 9.78 Å². The number of thiophene rings is 1. The SMILES string of the molecule is c1cc2c(s1)CCOO2. The van der Waals surface area contributed by atoms with Gasteiger partial charge in [-0.15, -0.1) is 11.3 Å². The van der Waals surface area contributed by atoms with Gasteiger partial charge in [0.2, 0.25) is 0 Å². The van der Waals surface area contributed by atoms with E-state index >= 15 is 0 Å². The third-order valence-corrected chi connectivity index (χ3v) is 2.23. The van der Waals surface area contributed by atoms with Crippen LogP contribution < -0.4 is 4.89 Å². The molecule has 0 radical (unpaired) electrons. The van der Waals surface area contributed by atoms with Gasteiger partial charge in [0.1, 0.15) is 0 Å². The minimum absolute atomic E-state index is 0.688. The van der Waals surface area contributed by atoms with Crippen LogP contribution in [0.25, 0.3) is 0 Å². The predicted molar refractivity (Wildman–Crippen MR) is 34.6 cm³/mol. The zero-order valence-corrected chi connectivity index (χ0v) is 5.61. The molecule has 2 nitrogen and oxygen atoms in total. The van der Waals surface area contributed by atoms with Gasteiger partial charge in [-0.3, -0.25) is 0 Å². The first-order chi connectivity index (χ1) is 4.47. The molecule has 3 heteroatoms. The molecule has 0 N–H and O–H groups in total. The van der Waals surface area contributed by atoms with Crippen molar-refractivity contribution < 1.29 is 9.78 Å². The van der Waals surface area contributed by atoms with Crippen molar-refractivity contribution in [3.8, 4) is 5.75 Å². The van der Waals surface area contributed by atoms with Crippen molar-refractivity contribution in [2.24, 2.45) is 0 Å². The van der Waals surface area contributed by atoms with Crippen molar-refractivity contribution in [2.45, 2.75) is 6.42 Å². The summed E-state index contributed by atoms with van der Waals surface area (Å²) in [6.45, 7) is 0.688. The lowest BCUT2D eigenvalue weighted by Crippen LogP contribution is -2.07. The molecule has 0 saturated heterocycles. The molecule has 0 unspecified atom stereocenters. The van der Waals surface area contributed by atoms with E-state index in [1.165, 1.54) is 4.88 Å². The van der Waals surface area contributed by atoms with Crippen molar-refractivity contribution >= 4 is 11.3 Å². The Morgan fingerprint density at radius 2 is 2.56 bits per heavy atom. The first kappa shape index (κ1) is 5.26. The Labute approximate surface area is 57.0 Å². The van der Waals surface area contributed by atoms with Crippen molar-refractivity contribution in [2.75, 3.05) is 6.61 Å². The fourth-order valence-electron chi connectivity index (χ4n) is 0.825. The lowest BCUT2D eigenvalue weighted by atomic mass is 10.3. The molecule has 0 atom stereocenters. The van der Waals surface area contributed by atoms with Gasteiger partial charge in [-0.2, -0.15) is 4.89 Å². The van der Waals surface area contributed by atoms with Crippen molar-refractivity contribution in [1.82, 2.24) is 0 Å². The van der Waals surface area contributed by atoms with E-state index in [1.54, 1.807) is 11.3 Å². The molecular formula is C6H6O2S. The molecule has 0 aromatic carbocycles. The van der Waals surface area contributed by atoms with Crippen LogP contribution in [0.15, 0.2) is 11.4 Å². The fourth-order valence-corrected chi connectivity index (χ4v) is 1.60. The molecule has 0 aliphatic carbocycles. The summed E-state index contributed by atoms with van der Waals surface area (Å²) >= 11 is 1.72. The maximum atomic E-state index is 4.87. The zero-order chi connectivity index (χ0) is 6.10. The van der Waals surface area contributed by atoms with Crippen LogP contribution in [-0.4, -0.2) is 6.61 Å². The van der Waals surface area contributed by atoms with Crippen molar-refractivity contribution in [3.63, 3.8) is 0 Å². The number of fused-ring (bicyclic) bond motifs is 1. The molecule has 0 bridgehead atoms. The van der Waals surface area contributed by atoms with Crippen LogP contribution in [0, 0.1) is 0 Å². The monoisotopic (exact) mass is 142 g/mol. The molecule has 0 spiro atoms. The minimum Gasteiger partial charge on any atom is -0.336 e. The fraction of sp³-hybridized carbons (Fsp3) is 0.333. The molecule has 0 saturated carbocycles. The smallest absolute Gasteiger partial charge is 0.179 e. The zero-order valence-electron chi connectivity index (χ0n) is 4.79. The Balaban J connectivity index is 2.39. The van der Waals surface area contributed by atoms with Crippen molar-refractivity contribution in [1.29, 1.82) is 0 Å². The van der Waals surface area contributed by atoms with E-state index in [9.17, 15) is 0 Å². The number of hydrogen-bond donors (Lipinski definition) is 0. The highest BCUT2D eigenvalue weighted by Crippen LogP contribution is 2.27. The quantitative estimate of drug-likeness (QED) is 0.512. The van der Waals surface area contributed by atoms with E-state index < -0.39 is 0 Å². The van der Waals surface area contributed by atoms with Crippen molar-refractivity contribution in [3.05, 3.63) is 16.3 Å². The summed E-state index contributed by atoms with van der Waals surface area (Å²) in [5.74, 6) is 0.895. The largest absolute Gasteiger partial charge is 0.336 e. The van der Waals surface area contributed by atoms with Gasteiger partial charge >= 0.3 is 0 Å². The van der Waals surface area contributed by atoms with Gasteiger partial charge in [0.05, 0.1) is 11.5 Å². The molecule has 48 valence electrons. The average molecular weight is 142 g/mol. The maximum Gasteiger partial charge on any atom is 0.179 e. The Morgan fingerprint density at radius 3 is 3.44 bits per heavy atom. The van der Waals surface area contributed by atoms with Gasteiger partial charge in [0, 0.05) is 6.42 Å². The lowest BCUT2D eigenvalue weighted by Gasteiger charge is -2.09. The molecule has 2 heterocycles. The van der Waals surface area contributed by atoms with Crippen LogP contribution in [0.1, 0.15) is 4.88 Å². The second-order valence-electron chi connectivity index (χ2n) is 1.86. The maximum absolute atomic E-state index is 4.87. The Morgan fingerprint density at radius 1 is 1.56 bits per heavy atom. The third-order valence-electron chi connectivity index (χ3n) is 1.27. The molecule has 1 aromatic heterocycles. The average Bonchev–Trinajstić information content (AvgIpc) is 2.33. The summed E-state index contributed by atoms with van der Waals surface area (Å²) in [6, 6.07) is 1.93. The van der Waals surface area contributed by atoms with E-state index in [-0.39, 0.29) is 0 Å².